The zero-order chi connectivity index (χ0) is 10.8. The topological polar surface area (TPSA) is 0 Å². The molecule has 0 aromatic heterocycles. The Labute approximate surface area is 99.1 Å². The maximum Gasteiger partial charge on any atom is 0.0253 e. The molecule has 0 unspecified atom stereocenters. The van der Waals surface area contributed by atoms with Crippen molar-refractivity contribution in [2.24, 2.45) is 0 Å². The molecular weight excluding hydrogens is 248 g/mol. The second kappa shape index (κ2) is 4.19. The predicted octanol–water partition coefficient (Wildman–Crippen LogP) is 4.53. The monoisotopic (exact) mass is 259 g/mol. The van der Waals surface area contributed by atoms with E-state index < -0.39 is 0 Å². The molecule has 0 nitrogen and oxygen atoms in total. The van der Waals surface area contributed by atoms with Crippen molar-refractivity contribution >= 4 is 15.9 Å². The third-order valence-corrected chi connectivity index (χ3v) is 3.01. The lowest BCUT2D eigenvalue weighted by atomic mass is 10.0. The summed E-state index contributed by atoms with van der Waals surface area (Å²) in [5, 5.41) is 0. The summed E-state index contributed by atoms with van der Waals surface area (Å²) in [6.07, 6.45) is 0. The van der Waals surface area contributed by atoms with Gasteiger partial charge < -0.3 is 0 Å². The van der Waals surface area contributed by atoms with Crippen LogP contribution in [0.2, 0.25) is 0 Å². The van der Waals surface area contributed by atoms with Gasteiger partial charge in [0.2, 0.25) is 0 Å². The molecule has 0 spiro atoms. The lowest BCUT2D eigenvalue weighted by Crippen LogP contribution is -1.84. The molecule has 0 N–H and O–H groups in total. The van der Waals surface area contributed by atoms with E-state index in [9.17, 15) is 0 Å². The molecular formula is C14H12Br. The normalized spacial score (nSPS) is 10.3. The van der Waals surface area contributed by atoms with E-state index in [-0.39, 0.29) is 0 Å². The van der Waals surface area contributed by atoms with Gasteiger partial charge in [-0.05, 0) is 48.2 Å². The molecule has 0 bridgehead atoms. The van der Waals surface area contributed by atoms with Crippen molar-refractivity contribution in [2.45, 2.75) is 13.8 Å². The molecule has 0 heterocycles. The fraction of sp³-hybridized carbons (Fsp3) is 0.143. The Hall–Kier alpha value is -1.08. The summed E-state index contributed by atoms with van der Waals surface area (Å²) in [4.78, 5) is 0. The van der Waals surface area contributed by atoms with E-state index in [0.717, 1.165) is 4.47 Å². The standard InChI is InChI=1S/C14H12Br/c1-10-7-11(2)9-12(8-10)13-5-3-4-6-14(13)15/h3-6,8-9H,1-2H3. The molecule has 0 saturated carbocycles. The highest BCUT2D eigenvalue weighted by molar-refractivity contribution is 9.10. The number of hydrogen-bond acceptors (Lipinski definition) is 0. The zero-order valence-corrected chi connectivity index (χ0v) is 10.4. The van der Waals surface area contributed by atoms with Gasteiger partial charge in [-0.15, -0.1) is 0 Å². The summed E-state index contributed by atoms with van der Waals surface area (Å²) in [5.41, 5.74) is 4.84. The molecule has 0 aliphatic rings. The molecule has 1 radical (unpaired) electrons. The Morgan fingerprint density at radius 3 is 2.20 bits per heavy atom. The van der Waals surface area contributed by atoms with Crippen molar-refractivity contribution in [3.05, 3.63) is 58.1 Å². The van der Waals surface area contributed by atoms with Gasteiger partial charge in [-0.1, -0.05) is 46.3 Å². The molecule has 75 valence electrons. The lowest BCUT2D eigenvalue weighted by molar-refractivity contribution is 1.37. The highest BCUT2D eigenvalue weighted by Gasteiger charge is 2.02. The largest absolute Gasteiger partial charge is 0.0616 e. The van der Waals surface area contributed by atoms with Crippen LogP contribution in [0.4, 0.5) is 0 Å². The molecule has 0 aliphatic carbocycles. The minimum atomic E-state index is 1.13. The van der Waals surface area contributed by atoms with Crippen LogP contribution in [0.25, 0.3) is 11.1 Å². The van der Waals surface area contributed by atoms with E-state index in [4.69, 9.17) is 0 Å². The first-order valence-electron chi connectivity index (χ1n) is 4.92. The minimum absolute atomic E-state index is 1.13. The third kappa shape index (κ3) is 2.29. The third-order valence-electron chi connectivity index (χ3n) is 2.32. The molecule has 0 fully saturated rings. The van der Waals surface area contributed by atoms with Gasteiger partial charge in [0, 0.05) is 4.47 Å². The molecule has 0 atom stereocenters. The van der Waals surface area contributed by atoms with Crippen LogP contribution in [-0.4, -0.2) is 0 Å². The summed E-state index contributed by atoms with van der Waals surface area (Å²) in [5.74, 6) is 0. The van der Waals surface area contributed by atoms with Gasteiger partial charge >= 0.3 is 0 Å². The first-order chi connectivity index (χ1) is 7.16. The Morgan fingerprint density at radius 1 is 1.00 bits per heavy atom. The SMILES string of the molecule is Cc1[c]c(C)cc(-c2ccccc2Br)c1. The fourth-order valence-corrected chi connectivity index (χ4v) is 2.26. The Balaban J connectivity index is 2.59. The zero-order valence-electron chi connectivity index (χ0n) is 8.84. The maximum absolute atomic E-state index is 3.57. The van der Waals surface area contributed by atoms with E-state index in [0.29, 0.717) is 0 Å². The van der Waals surface area contributed by atoms with Gasteiger partial charge in [-0.3, -0.25) is 0 Å². The number of aryl methyl sites for hydroxylation is 2. The van der Waals surface area contributed by atoms with Crippen LogP contribution in [0, 0.1) is 19.9 Å². The molecule has 2 rings (SSSR count). The molecule has 0 aliphatic heterocycles. The molecule has 2 aromatic rings. The summed E-state index contributed by atoms with van der Waals surface area (Å²) in [7, 11) is 0. The highest BCUT2D eigenvalue weighted by atomic mass is 79.9. The van der Waals surface area contributed by atoms with Crippen LogP contribution < -0.4 is 0 Å². The van der Waals surface area contributed by atoms with Crippen molar-refractivity contribution in [1.29, 1.82) is 0 Å². The number of benzene rings is 2. The highest BCUT2D eigenvalue weighted by Crippen LogP contribution is 2.28. The summed E-state index contributed by atoms with van der Waals surface area (Å²) < 4.78 is 1.13. The van der Waals surface area contributed by atoms with Gasteiger partial charge in [0.05, 0.1) is 0 Å². The smallest absolute Gasteiger partial charge is 0.0253 e. The van der Waals surface area contributed by atoms with Crippen LogP contribution in [0.3, 0.4) is 0 Å². The molecule has 1 heteroatoms. The van der Waals surface area contributed by atoms with E-state index in [1.165, 1.54) is 22.3 Å². The second-order valence-corrected chi connectivity index (χ2v) is 4.57. The second-order valence-electron chi connectivity index (χ2n) is 3.71. The van der Waals surface area contributed by atoms with Crippen LogP contribution in [0.15, 0.2) is 40.9 Å². The van der Waals surface area contributed by atoms with Crippen LogP contribution >= 0.6 is 15.9 Å². The predicted molar refractivity (Wildman–Crippen MR) is 67.9 cm³/mol. The lowest BCUT2D eigenvalue weighted by Gasteiger charge is -2.06. The first kappa shape index (κ1) is 10.4. The van der Waals surface area contributed by atoms with E-state index in [1.807, 2.05) is 6.07 Å². The summed E-state index contributed by atoms with van der Waals surface area (Å²) >= 11 is 3.57. The molecule has 0 amide bonds. The van der Waals surface area contributed by atoms with Gasteiger partial charge in [-0.25, -0.2) is 0 Å². The van der Waals surface area contributed by atoms with E-state index in [2.05, 4.69) is 66.2 Å². The average molecular weight is 260 g/mol. The van der Waals surface area contributed by atoms with Gasteiger partial charge in [0.15, 0.2) is 0 Å². The summed E-state index contributed by atoms with van der Waals surface area (Å²) in [6, 6.07) is 15.9. The Morgan fingerprint density at radius 2 is 1.60 bits per heavy atom. The van der Waals surface area contributed by atoms with Crippen molar-refractivity contribution in [3.63, 3.8) is 0 Å². The van der Waals surface area contributed by atoms with Crippen molar-refractivity contribution in [2.75, 3.05) is 0 Å². The number of hydrogen-bond donors (Lipinski definition) is 0. The van der Waals surface area contributed by atoms with Gasteiger partial charge in [0.1, 0.15) is 0 Å². The Bertz CT molecular complexity index is 466. The van der Waals surface area contributed by atoms with Crippen molar-refractivity contribution < 1.29 is 0 Å². The van der Waals surface area contributed by atoms with Gasteiger partial charge in [-0.2, -0.15) is 0 Å². The van der Waals surface area contributed by atoms with E-state index >= 15 is 0 Å². The number of rotatable bonds is 1. The molecule has 2 aromatic carbocycles. The first-order valence-corrected chi connectivity index (χ1v) is 5.71. The summed E-state index contributed by atoms with van der Waals surface area (Å²) in [6.45, 7) is 4.15. The Kier molecular flexibility index (Phi) is 2.92. The molecule has 0 saturated heterocycles. The number of halogens is 1. The van der Waals surface area contributed by atoms with E-state index in [1.54, 1.807) is 0 Å². The quantitative estimate of drug-likeness (QED) is 0.706. The van der Waals surface area contributed by atoms with Crippen molar-refractivity contribution in [3.8, 4) is 11.1 Å². The maximum atomic E-state index is 3.57. The van der Waals surface area contributed by atoms with Gasteiger partial charge in [0.25, 0.3) is 0 Å². The average Bonchev–Trinajstić information content (AvgIpc) is 2.16. The fourth-order valence-electron chi connectivity index (χ4n) is 1.74. The van der Waals surface area contributed by atoms with Crippen LogP contribution in [-0.2, 0) is 0 Å². The van der Waals surface area contributed by atoms with Crippen LogP contribution in [0.5, 0.6) is 0 Å². The molecule has 15 heavy (non-hydrogen) atoms. The van der Waals surface area contributed by atoms with Crippen LogP contribution in [0.1, 0.15) is 11.1 Å². The van der Waals surface area contributed by atoms with Crippen molar-refractivity contribution in [1.82, 2.24) is 0 Å². The minimum Gasteiger partial charge on any atom is -0.0616 e.